The minimum absolute atomic E-state index is 0.266. The van der Waals surface area contributed by atoms with Gasteiger partial charge in [0.05, 0.1) is 20.3 Å². The Hall–Kier alpha value is -1.73. The number of hydrogen-bond donors (Lipinski definition) is 0. The van der Waals surface area contributed by atoms with E-state index in [1.807, 2.05) is 18.2 Å². The third-order valence-corrected chi connectivity index (χ3v) is 3.86. The van der Waals surface area contributed by atoms with Crippen molar-refractivity contribution in [2.75, 3.05) is 27.3 Å². The summed E-state index contributed by atoms with van der Waals surface area (Å²) < 4.78 is 10.7. The number of likely N-dealkylation sites (tertiary alicyclic amines) is 1. The second-order valence-corrected chi connectivity index (χ2v) is 5.09. The zero-order valence-electron chi connectivity index (χ0n) is 12.3. The lowest BCUT2D eigenvalue weighted by Gasteiger charge is -2.27. The Morgan fingerprint density at radius 1 is 1.10 bits per heavy atom. The molecule has 1 unspecified atom stereocenters. The lowest BCUT2D eigenvalue weighted by Crippen LogP contribution is -2.29. The lowest BCUT2D eigenvalue weighted by molar-refractivity contribution is 0.240. The van der Waals surface area contributed by atoms with Crippen LogP contribution >= 0.6 is 0 Å². The van der Waals surface area contributed by atoms with E-state index in [0.717, 1.165) is 43.0 Å². The fourth-order valence-electron chi connectivity index (χ4n) is 2.75. The van der Waals surface area contributed by atoms with Crippen molar-refractivity contribution in [2.45, 2.75) is 31.7 Å². The molecule has 4 heteroatoms. The molecule has 1 atom stereocenters. The maximum Gasteiger partial charge on any atom is 0.127 e. The molecule has 1 aromatic rings. The van der Waals surface area contributed by atoms with Crippen LogP contribution in [0.4, 0.5) is 0 Å². The maximum absolute atomic E-state index is 9.62. The molecule has 1 aliphatic rings. The molecule has 1 heterocycles. The summed E-state index contributed by atoms with van der Waals surface area (Å²) in [5, 5.41) is 9.62. The van der Waals surface area contributed by atoms with Crippen LogP contribution in [0.2, 0.25) is 0 Å². The summed E-state index contributed by atoms with van der Waals surface area (Å²) in [6.45, 7) is 1.94. The summed E-state index contributed by atoms with van der Waals surface area (Å²) >= 11 is 0. The standard InChI is InChI=1S/C16H22N2O2/c1-19-13-7-8-16(20-2)14(11-13)15(12-17)18-9-5-3-4-6-10-18/h7-8,11,15H,3-6,9-10H2,1-2H3. The number of nitriles is 1. The molecule has 1 saturated heterocycles. The van der Waals surface area contributed by atoms with Gasteiger partial charge in [0, 0.05) is 5.56 Å². The van der Waals surface area contributed by atoms with Crippen molar-refractivity contribution in [1.29, 1.82) is 5.26 Å². The predicted octanol–water partition coefficient (Wildman–Crippen LogP) is 3.14. The Morgan fingerprint density at radius 3 is 2.35 bits per heavy atom. The highest BCUT2D eigenvalue weighted by atomic mass is 16.5. The number of nitrogens with zero attached hydrogens (tertiary/aromatic N) is 2. The van der Waals surface area contributed by atoms with Crippen molar-refractivity contribution in [1.82, 2.24) is 4.90 Å². The highest BCUT2D eigenvalue weighted by Crippen LogP contribution is 2.33. The molecule has 1 fully saturated rings. The van der Waals surface area contributed by atoms with Gasteiger partial charge in [-0.1, -0.05) is 12.8 Å². The van der Waals surface area contributed by atoms with E-state index in [0.29, 0.717) is 0 Å². The van der Waals surface area contributed by atoms with E-state index in [4.69, 9.17) is 9.47 Å². The first-order valence-electron chi connectivity index (χ1n) is 7.15. The Labute approximate surface area is 120 Å². The Balaban J connectivity index is 2.32. The van der Waals surface area contributed by atoms with Gasteiger partial charge in [-0.25, -0.2) is 0 Å². The molecule has 108 valence electrons. The van der Waals surface area contributed by atoms with Crippen molar-refractivity contribution in [3.63, 3.8) is 0 Å². The van der Waals surface area contributed by atoms with Gasteiger partial charge in [-0.3, -0.25) is 4.90 Å². The largest absolute Gasteiger partial charge is 0.497 e. The van der Waals surface area contributed by atoms with E-state index in [2.05, 4.69) is 11.0 Å². The van der Waals surface area contributed by atoms with Crippen molar-refractivity contribution in [2.24, 2.45) is 0 Å². The number of methoxy groups -OCH3 is 2. The number of benzene rings is 1. The molecule has 0 amide bonds. The van der Waals surface area contributed by atoms with E-state index in [9.17, 15) is 5.26 Å². The SMILES string of the molecule is COc1ccc(OC)c(C(C#N)N2CCCCCC2)c1. The quantitative estimate of drug-likeness (QED) is 0.846. The molecule has 4 nitrogen and oxygen atoms in total. The molecule has 0 aromatic heterocycles. The number of ether oxygens (including phenoxy) is 2. The van der Waals surface area contributed by atoms with Gasteiger partial charge in [0.2, 0.25) is 0 Å². The molecule has 0 saturated carbocycles. The molecule has 20 heavy (non-hydrogen) atoms. The second kappa shape index (κ2) is 7.16. The third-order valence-electron chi connectivity index (χ3n) is 3.86. The second-order valence-electron chi connectivity index (χ2n) is 5.09. The van der Waals surface area contributed by atoms with Crippen LogP contribution < -0.4 is 9.47 Å². The lowest BCUT2D eigenvalue weighted by atomic mass is 10.0. The Bertz CT molecular complexity index is 474. The predicted molar refractivity (Wildman–Crippen MR) is 77.9 cm³/mol. The van der Waals surface area contributed by atoms with E-state index < -0.39 is 0 Å². The summed E-state index contributed by atoms with van der Waals surface area (Å²) in [6.07, 6.45) is 4.82. The smallest absolute Gasteiger partial charge is 0.127 e. The highest BCUT2D eigenvalue weighted by Gasteiger charge is 2.24. The zero-order chi connectivity index (χ0) is 14.4. The summed E-state index contributed by atoms with van der Waals surface area (Å²) in [4.78, 5) is 2.25. The summed E-state index contributed by atoms with van der Waals surface area (Å²) in [5.41, 5.74) is 0.899. The normalized spacial score (nSPS) is 17.9. The monoisotopic (exact) mass is 274 g/mol. The molecule has 0 radical (unpaired) electrons. The van der Waals surface area contributed by atoms with Gasteiger partial charge in [0.1, 0.15) is 17.5 Å². The van der Waals surface area contributed by atoms with Gasteiger partial charge >= 0.3 is 0 Å². The topological polar surface area (TPSA) is 45.5 Å². The Morgan fingerprint density at radius 2 is 1.80 bits per heavy atom. The molecule has 1 aromatic carbocycles. The fraction of sp³-hybridized carbons (Fsp3) is 0.562. The van der Waals surface area contributed by atoms with Crippen LogP contribution in [-0.2, 0) is 0 Å². The number of rotatable bonds is 4. The molecule has 1 aliphatic heterocycles. The first kappa shape index (κ1) is 14.7. The van der Waals surface area contributed by atoms with Gasteiger partial charge < -0.3 is 9.47 Å². The van der Waals surface area contributed by atoms with Gasteiger partial charge in [-0.05, 0) is 44.1 Å². The molecular weight excluding hydrogens is 252 g/mol. The van der Waals surface area contributed by atoms with Gasteiger partial charge in [-0.2, -0.15) is 5.26 Å². The van der Waals surface area contributed by atoms with Crippen LogP contribution in [0.15, 0.2) is 18.2 Å². The summed E-state index contributed by atoms with van der Waals surface area (Å²) in [7, 11) is 3.28. The minimum atomic E-state index is -0.266. The van der Waals surface area contributed by atoms with Crippen molar-refractivity contribution in [3.8, 4) is 17.6 Å². The third kappa shape index (κ3) is 3.23. The average molecular weight is 274 g/mol. The fourth-order valence-corrected chi connectivity index (χ4v) is 2.75. The van der Waals surface area contributed by atoms with E-state index in [1.54, 1.807) is 14.2 Å². The van der Waals surface area contributed by atoms with Crippen LogP contribution in [0.1, 0.15) is 37.3 Å². The van der Waals surface area contributed by atoms with E-state index in [-0.39, 0.29) is 6.04 Å². The van der Waals surface area contributed by atoms with Gasteiger partial charge in [0.25, 0.3) is 0 Å². The maximum atomic E-state index is 9.62. The van der Waals surface area contributed by atoms with Crippen molar-refractivity contribution in [3.05, 3.63) is 23.8 Å². The number of hydrogen-bond acceptors (Lipinski definition) is 4. The average Bonchev–Trinajstić information content (AvgIpc) is 2.77. The highest BCUT2D eigenvalue weighted by molar-refractivity contribution is 5.44. The summed E-state index contributed by atoms with van der Waals surface area (Å²) in [6, 6.07) is 7.81. The van der Waals surface area contributed by atoms with E-state index >= 15 is 0 Å². The molecule has 0 N–H and O–H groups in total. The van der Waals surface area contributed by atoms with Gasteiger partial charge in [0.15, 0.2) is 0 Å². The molecule has 0 bridgehead atoms. The molecule has 0 spiro atoms. The van der Waals surface area contributed by atoms with E-state index in [1.165, 1.54) is 12.8 Å². The van der Waals surface area contributed by atoms with Crippen molar-refractivity contribution >= 4 is 0 Å². The van der Waals surface area contributed by atoms with Gasteiger partial charge in [-0.15, -0.1) is 0 Å². The summed E-state index contributed by atoms with van der Waals surface area (Å²) in [5.74, 6) is 1.51. The molecule has 2 rings (SSSR count). The minimum Gasteiger partial charge on any atom is -0.497 e. The van der Waals surface area contributed by atoms with Crippen LogP contribution in [0.25, 0.3) is 0 Å². The van der Waals surface area contributed by atoms with Crippen LogP contribution in [0.3, 0.4) is 0 Å². The molecule has 0 aliphatic carbocycles. The van der Waals surface area contributed by atoms with Crippen molar-refractivity contribution < 1.29 is 9.47 Å². The first-order valence-corrected chi connectivity index (χ1v) is 7.15. The van der Waals surface area contributed by atoms with Crippen LogP contribution in [0.5, 0.6) is 11.5 Å². The molecular formula is C16H22N2O2. The van der Waals surface area contributed by atoms with Crippen LogP contribution in [-0.4, -0.2) is 32.2 Å². The Kier molecular flexibility index (Phi) is 5.25. The zero-order valence-corrected chi connectivity index (χ0v) is 12.3. The van der Waals surface area contributed by atoms with Crippen LogP contribution in [0, 0.1) is 11.3 Å². The first-order chi connectivity index (χ1) is 9.80.